The molecular weight excluding hydrogens is 104 g/mol. The molecule has 0 amide bonds. The van der Waals surface area contributed by atoms with Crippen LogP contribution in [-0.4, -0.2) is 11.1 Å². The molecule has 0 heterocycles. The minimum absolute atomic E-state index is 0.241. The summed E-state index contributed by atoms with van der Waals surface area (Å²) in [4.78, 5) is 10.0. The Bertz CT molecular complexity index is 133. The Kier molecular flexibility index (Phi) is 2.62. The van der Waals surface area contributed by atoms with Crippen LogP contribution in [0.2, 0.25) is 0 Å². The molecule has 8 heavy (non-hydrogen) atoms. The van der Waals surface area contributed by atoms with Gasteiger partial charge in [-0.25, -0.2) is 4.79 Å². The molecule has 0 radical (unpaired) electrons. The van der Waals surface area contributed by atoms with Gasteiger partial charge in [-0.1, -0.05) is 18.7 Å². The van der Waals surface area contributed by atoms with Crippen molar-refractivity contribution < 1.29 is 9.90 Å². The maximum absolute atomic E-state index is 10.0. The lowest BCUT2D eigenvalue weighted by molar-refractivity contribution is -0.132. The molecule has 0 aliphatic carbocycles. The second-order valence-corrected chi connectivity index (χ2v) is 1.25. The fourth-order valence-corrected chi connectivity index (χ4v) is 0.329. The second-order valence-electron chi connectivity index (χ2n) is 1.25. The average molecular weight is 112 g/mol. The van der Waals surface area contributed by atoms with E-state index in [1.165, 1.54) is 12.2 Å². The first kappa shape index (κ1) is 6.95. The lowest BCUT2D eigenvalue weighted by Gasteiger charge is -1.86. The summed E-state index contributed by atoms with van der Waals surface area (Å²) < 4.78 is 0. The molecule has 2 nitrogen and oxygen atoms in total. The standard InChI is InChI=1S/C6H8O2/c1-3-5(4-2)6(7)8/h3-4H,1H2,2H3,(H,7,8)/b5-4-. The summed E-state index contributed by atoms with van der Waals surface area (Å²) in [6.07, 6.45) is 2.80. The van der Waals surface area contributed by atoms with Crippen molar-refractivity contribution in [2.24, 2.45) is 0 Å². The predicted molar refractivity (Wildman–Crippen MR) is 31.6 cm³/mol. The van der Waals surface area contributed by atoms with Crippen molar-refractivity contribution in [3.63, 3.8) is 0 Å². The number of aliphatic carboxylic acids is 1. The van der Waals surface area contributed by atoms with Crippen LogP contribution in [-0.2, 0) is 4.79 Å². The van der Waals surface area contributed by atoms with Gasteiger partial charge in [0, 0.05) is 0 Å². The number of allylic oxidation sites excluding steroid dienone is 1. The van der Waals surface area contributed by atoms with Gasteiger partial charge in [0.1, 0.15) is 0 Å². The Morgan fingerprint density at radius 2 is 2.25 bits per heavy atom. The van der Waals surface area contributed by atoms with E-state index in [1.807, 2.05) is 0 Å². The molecule has 0 fully saturated rings. The maximum atomic E-state index is 10.0. The first-order chi connectivity index (χ1) is 3.72. The number of rotatable bonds is 2. The molecule has 0 aliphatic heterocycles. The molecule has 0 spiro atoms. The molecule has 2 heteroatoms. The first-order valence-corrected chi connectivity index (χ1v) is 2.24. The normalized spacial score (nSPS) is 10.9. The molecule has 0 bridgehead atoms. The summed E-state index contributed by atoms with van der Waals surface area (Å²) in [6, 6.07) is 0. The quantitative estimate of drug-likeness (QED) is 0.430. The van der Waals surface area contributed by atoms with E-state index in [0.717, 1.165) is 0 Å². The van der Waals surface area contributed by atoms with Gasteiger partial charge in [0.25, 0.3) is 0 Å². The number of hydrogen-bond donors (Lipinski definition) is 1. The van der Waals surface area contributed by atoms with Crippen LogP contribution in [0.3, 0.4) is 0 Å². The van der Waals surface area contributed by atoms with E-state index < -0.39 is 5.97 Å². The molecule has 0 aromatic rings. The zero-order valence-corrected chi connectivity index (χ0v) is 4.72. The van der Waals surface area contributed by atoms with E-state index in [0.29, 0.717) is 0 Å². The Morgan fingerprint density at radius 1 is 1.75 bits per heavy atom. The van der Waals surface area contributed by atoms with Crippen LogP contribution in [0, 0.1) is 0 Å². The van der Waals surface area contributed by atoms with Crippen molar-refractivity contribution in [2.45, 2.75) is 6.92 Å². The van der Waals surface area contributed by atoms with Crippen molar-refractivity contribution >= 4 is 5.97 Å². The van der Waals surface area contributed by atoms with Crippen LogP contribution in [0.15, 0.2) is 24.3 Å². The van der Waals surface area contributed by atoms with Gasteiger partial charge in [-0.3, -0.25) is 0 Å². The number of carboxylic acids is 1. The van der Waals surface area contributed by atoms with E-state index in [4.69, 9.17) is 5.11 Å². The molecule has 0 saturated heterocycles. The highest BCUT2D eigenvalue weighted by Crippen LogP contribution is 1.92. The van der Waals surface area contributed by atoms with Gasteiger partial charge in [-0.2, -0.15) is 0 Å². The summed E-state index contributed by atoms with van der Waals surface area (Å²) in [6.45, 7) is 4.96. The molecule has 0 unspecified atom stereocenters. The van der Waals surface area contributed by atoms with Gasteiger partial charge in [-0.15, -0.1) is 0 Å². The molecule has 0 atom stereocenters. The van der Waals surface area contributed by atoms with E-state index in [9.17, 15) is 4.79 Å². The number of carboxylic acid groups (broad SMARTS) is 1. The highest BCUT2D eigenvalue weighted by Gasteiger charge is 1.96. The van der Waals surface area contributed by atoms with Crippen LogP contribution >= 0.6 is 0 Å². The third-order valence-electron chi connectivity index (χ3n) is 0.778. The molecule has 44 valence electrons. The summed E-state index contributed by atoms with van der Waals surface area (Å²) in [5, 5.41) is 8.23. The van der Waals surface area contributed by atoms with Gasteiger partial charge in [0.15, 0.2) is 0 Å². The monoisotopic (exact) mass is 112 g/mol. The Labute approximate surface area is 48.1 Å². The van der Waals surface area contributed by atoms with Gasteiger partial charge < -0.3 is 5.11 Å². The number of hydrogen-bond acceptors (Lipinski definition) is 1. The molecular formula is C6H8O2. The van der Waals surface area contributed by atoms with E-state index >= 15 is 0 Å². The maximum Gasteiger partial charge on any atom is 0.335 e. The molecule has 0 aromatic carbocycles. The minimum Gasteiger partial charge on any atom is -0.478 e. The highest BCUT2D eigenvalue weighted by atomic mass is 16.4. The first-order valence-electron chi connectivity index (χ1n) is 2.24. The summed E-state index contributed by atoms with van der Waals surface area (Å²) in [5.74, 6) is -0.928. The van der Waals surface area contributed by atoms with Gasteiger partial charge in [0.05, 0.1) is 5.57 Å². The van der Waals surface area contributed by atoms with E-state index in [2.05, 4.69) is 6.58 Å². The minimum atomic E-state index is -0.928. The number of carbonyl (C=O) groups is 1. The van der Waals surface area contributed by atoms with Crippen molar-refractivity contribution in [3.8, 4) is 0 Å². The molecule has 0 aliphatic rings. The summed E-state index contributed by atoms with van der Waals surface area (Å²) in [7, 11) is 0. The van der Waals surface area contributed by atoms with Crippen LogP contribution in [0.25, 0.3) is 0 Å². The Hall–Kier alpha value is -1.05. The van der Waals surface area contributed by atoms with Crippen molar-refractivity contribution in [2.75, 3.05) is 0 Å². The smallest absolute Gasteiger partial charge is 0.335 e. The van der Waals surface area contributed by atoms with Gasteiger partial charge in [-0.05, 0) is 6.92 Å². The van der Waals surface area contributed by atoms with Crippen LogP contribution < -0.4 is 0 Å². The lowest BCUT2D eigenvalue weighted by Crippen LogP contribution is -1.95. The average Bonchev–Trinajstić information content (AvgIpc) is 1.69. The van der Waals surface area contributed by atoms with Crippen molar-refractivity contribution in [1.82, 2.24) is 0 Å². The Balaban J connectivity index is 4.13. The van der Waals surface area contributed by atoms with E-state index in [-0.39, 0.29) is 5.57 Å². The fourth-order valence-electron chi connectivity index (χ4n) is 0.329. The predicted octanol–water partition coefficient (Wildman–Crippen LogP) is 1.20. The van der Waals surface area contributed by atoms with Gasteiger partial charge >= 0.3 is 5.97 Å². The molecule has 0 rings (SSSR count). The van der Waals surface area contributed by atoms with Crippen LogP contribution in [0.4, 0.5) is 0 Å². The van der Waals surface area contributed by atoms with Gasteiger partial charge in [0.2, 0.25) is 0 Å². The van der Waals surface area contributed by atoms with Crippen LogP contribution in [0.5, 0.6) is 0 Å². The molecule has 1 N–H and O–H groups in total. The summed E-state index contributed by atoms with van der Waals surface area (Å²) >= 11 is 0. The zero-order chi connectivity index (χ0) is 6.57. The second kappa shape index (κ2) is 3.02. The fraction of sp³-hybridized carbons (Fsp3) is 0.167. The Morgan fingerprint density at radius 3 is 2.25 bits per heavy atom. The van der Waals surface area contributed by atoms with Crippen molar-refractivity contribution in [3.05, 3.63) is 24.3 Å². The highest BCUT2D eigenvalue weighted by molar-refractivity contribution is 5.89. The van der Waals surface area contributed by atoms with E-state index in [1.54, 1.807) is 6.92 Å². The zero-order valence-electron chi connectivity index (χ0n) is 4.72. The van der Waals surface area contributed by atoms with Crippen molar-refractivity contribution in [1.29, 1.82) is 0 Å². The largest absolute Gasteiger partial charge is 0.478 e. The van der Waals surface area contributed by atoms with Crippen LogP contribution in [0.1, 0.15) is 6.92 Å². The topological polar surface area (TPSA) is 37.3 Å². The SMILES string of the molecule is C=C/C(=C/C)C(=O)O. The third-order valence-corrected chi connectivity index (χ3v) is 0.778. The molecule has 0 aromatic heterocycles. The lowest BCUT2D eigenvalue weighted by atomic mass is 10.3. The third kappa shape index (κ3) is 1.60. The molecule has 0 saturated carbocycles. The summed E-state index contributed by atoms with van der Waals surface area (Å²) in [5.41, 5.74) is 0.241.